The van der Waals surface area contributed by atoms with Crippen LogP contribution in [0.4, 0.5) is 0 Å². The quantitative estimate of drug-likeness (QED) is 0.902. The van der Waals surface area contributed by atoms with Gasteiger partial charge in [-0.1, -0.05) is 18.2 Å². The van der Waals surface area contributed by atoms with Crippen molar-refractivity contribution in [1.29, 1.82) is 0 Å². The first kappa shape index (κ1) is 14.1. The first-order valence-corrected chi connectivity index (χ1v) is 7.16. The Labute approximate surface area is 115 Å². The summed E-state index contributed by atoms with van der Waals surface area (Å²) >= 11 is 0. The fourth-order valence-corrected chi connectivity index (χ4v) is 2.68. The zero-order chi connectivity index (χ0) is 13.8. The summed E-state index contributed by atoms with van der Waals surface area (Å²) < 4.78 is 0. The van der Waals surface area contributed by atoms with Gasteiger partial charge in [0.2, 0.25) is 5.91 Å². The third-order valence-electron chi connectivity index (χ3n) is 3.76. The second kappa shape index (κ2) is 6.20. The predicted molar refractivity (Wildman–Crippen MR) is 77.8 cm³/mol. The van der Waals surface area contributed by atoms with E-state index in [1.807, 2.05) is 14.0 Å². The lowest BCUT2D eigenvalue weighted by molar-refractivity contribution is -0.130. The number of carbonyl (C=O) groups excluding carboxylic acids is 1. The molecule has 1 aromatic rings. The first-order valence-electron chi connectivity index (χ1n) is 7.16. The first-order chi connectivity index (χ1) is 9.06. The van der Waals surface area contributed by atoms with Crippen LogP contribution in [0.15, 0.2) is 18.2 Å². The van der Waals surface area contributed by atoms with Gasteiger partial charge >= 0.3 is 0 Å². The lowest BCUT2D eigenvalue weighted by Crippen LogP contribution is -2.31. The van der Waals surface area contributed by atoms with Crippen molar-refractivity contribution in [3.63, 3.8) is 0 Å². The Kier molecular flexibility index (Phi) is 4.59. The summed E-state index contributed by atoms with van der Waals surface area (Å²) in [6.07, 6.45) is 5.40. The molecule has 0 bridgehead atoms. The standard InChI is InChI=1S/C16H24N2O/c1-12(17)9-16(19)18(2)11-13-7-8-14-5-3-4-6-15(14)10-13/h7-8,10,12H,3-6,9,11,17H2,1-2H3. The summed E-state index contributed by atoms with van der Waals surface area (Å²) in [5.74, 6) is 0.118. The van der Waals surface area contributed by atoms with Crippen LogP contribution >= 0.6 is 0 Å². The van der Waals surface area contributed by atoms with Gasteiger partial charge in [-0.2, -0.15) is 0 Å². The molecular weight excluding hydrogens is 236 g/mol. The molecule has 0 radical (unpaired) electrons. The molecule has 0 saturated carbocycles. The fraction of sp³-hybridized carbons (Fsp3) is 0.562. The minimum Gasteiger partial charge on any atom is -0.341 e. The Hall–Kier alpha value is -1.35. The molecule has 0 aromatic heterocycles. The van der Waals surface area contributed by atoms with Crippen molar-refractivity contribution in [3.8, 4) is 0 Å². The maximum absolute atomic E-state index is 11.9. The number of aryl methyl sites for hydroxylation is 2. The van der Waals surface area contributed by atoms with Crippen LogP contribution in [0.2, 0.25) is 0 Å². The smallest absolute Gasteiger partial charge is 0.224 e. The number of hydrogen-bond acceptors (Lipinski definition) is 2. The highest BCUT2D eigenvalue weighted by Gasteiger charge is 2.13. The van der Waals surface area contributed by atoms with Crippen molar-refractivity contribution in [3.05, 3.63) is 34.9 Å². The van der Waals surface area contributed by atoms with Gasteiger partial charge in [0.1, 0.15) is 0 Å². The van der Waals surface area contributed by atoms with Gasteiger partial charge in [-0.05, 0) is 49.3 Å². The third kappa shape index (κ3) is 3.80. The van der Waals surface area contributed by atoms with Crippen molar-refractivity contribution in [2.24, 2.45) is 5.73 Å². The van der Waals surface area contributed by atoms with Crippen LogP contribution in [-0.2, 0) is 24.2 Å². The zero-order valence-corrected chi connectivity index (χ0v) is 12.0. The Bertz CT molecular complexity index is 454. The number of carbonyl (C=O) groups is 1. The van der Waals surface area contributed by atoms with Crippen molar-refractivity contribution in [2.75, 3.05) is 7.05 Å². The summed E-state index contributed by atoms with van der Waals surface area (Å²) in [7, 11) is 1.85. The number of fused-ring (bicyclic) bond motifs is 1. The van der Waals surface area contributed by atoms with E-state index in [4.69, 9.17) is 5.73 Å². The lowest BCUT2D eigenvalue weighted by atomic mass is 9.90. The highest BCUT2D eigenvalue weighted by atomic mass is 16.2. The molecule has 0 saturated heterocycles. The topological polar surface area (TPSA) is 46.3 Å². The van der Waals surface area contributed by atoms with E-state index < -0.39 is 0 Å². The Morgan fingerprint density at radius 2 is 2.00 bits per heavy atom. The van der Waals surface area contributed by atoms with Crippen molar-refractivity contribution < 1.29 is 4.79 Å². The second-order valence-electron chi connectivity index (χ2n) is 5.74. The van der Waals surface area contributed by atoms with Crippen LogP contribution in [-0.4, -0.2) is 23.9 Å². The number of nitrogens with two attached hydrogens (primary N) is 1. The largest absolute Gasteiger partial charge is 0.341 e. The van der Waals surface area contributed by atoms with E-state index in [2.05, 4.69) is 18.2 Å². The van der Waals surface area contributed by atoms with E-state index in [1.165, 1.54) is 42.4 Å². The molecule has 0 spiro atoms. The average Bonchev–Trinajstić information content (AvgIpc) is 2.37. The minimum atomic E-state index is -0.0708. The van der Waals surface area contributed by atoms with Crippen LogP contribution in [0.25, 0.3) is 0 Å². The minimum absolute atomic E-state index is 0.0708. The molecule has 1 aliphatic rings. The van der Waals surface area contributed by atoms with Crippen molar-refractivity contribution >= 4 is 5.91 Å². The van der Waals surface area contributed by atoms with Gasteiger partial charge < -0.3 is 10.6 Å². The van der Waals surface area contributed by atoms with Crippen LogP contribution in [0.5, 0.6) is 0 Å². The van der Waals surface area contributed by atoms with E-state index >= 15 is 0 Å². The molecular formula is C16H24N2O. The van der Waals surface area contributed by atoms with Crippen LogP contribution in [0.1, 0.15) is 42.9 Å². The summed E-state index contributed by atoms with van der Waals surface area (Å²) in [5.41, 5.74) is 9.85. The molecule has 0 fully saturated rings. The maximum atomic E-state index is 11.9. The molecule has 1 unspecified atom stereocenters. The highest BCUT2D eigenvalue weighted by Crippen LogP contribution is 2.22. The van der Waals surface area contributed by atoms with E-state index in [9.17, 15) is 4.79 Å². The second-order valence-corrected chi connectivity index (χ2v) is 5.74. The van der Waals surface area contributed by atoms with E-state index in [1.54, 1.807) is 4.90 Å². The van der Waals surface area contributed by atoms with Gasteiger partial charge in [-0.25, -0.2) is 0 Å². The number of rotatable bonds is 4. The molecule has 0 heterocycles. The Balaban J connectivity index is 2.01. The predicted octanol–water partition coefficient (Wildman–Crippen LogP) is 2.26. The maximum Gasteiger partial charge on any atom is 0.224 e. The summed E-state index contributed by atoms with van der Waals surface area (Å²) in [4.78, 5) is 13.7. The van der Waals surface area contributed by atoms with Crippen molar-refractivity contribution in [2.45, 2.75) is 51.6 Å². The average molecular weight is 260 g/mol. The number of hydrogen-bond donors (Lipinski definition) is 1. The van der Waals surface area contributed by atoms with Gasteiger partial charge in [0, 0.05) is 26.1 Å². The van der Waals surface area contributed by atoms with Gasteiger partial charge in [-0.3, -0.25) is 4.79 Å². The van der Waals surface area contributed by atoms with Crippen LogP contribution in [0, 0.1) is 0 Å². The van der Waals surface area contributed by atoms with Gasteiger partial charge in [-0.15, -0.1) is 0 Å². The van der Waals surface area contributed by atoms with Crippen LogP contribution < -0.4 is 5.73 Å². The van der Waals surface area contributed by atoms with Crippen LogP contribution in [0.3, 0.4) is 0 Å². The van der Waals surface area contributed by atoms with Gasteiger partial charge in [0.15, 0.2) is 0 Å². The molecule has 2 N–H and O–H groups in total. The molecule has 1 atom stereocenters. The summed E-state index contributed by atoms with van der Waals surface area (Å²) in [5, 5.41) is 0. The number of benzene rings is 1. The molecule has 1 aromatic carbocycles. The highest BCUT2D eigenvalue weighted by molar-refractivity contribution is 5.76. The molecule has 104 valence electrons. The molecule has 2 rings (SSSR count). The van der Waals surface area contributed by atoms with Gasteiger partial charge in [0.05, 0.1) is 0 Å². The van der Waals surface area contributed by atoms with E-state index in [0.29, 0.717) is 13.0 Å². The molecule has 1 amide bonds. The Morgan fingerprint density at radius 3 is 2.68 bits per heavy atom. The zero-order valence-electron chi connectivity index (χ0n) is 12.0. The fourth-order valence-electron chi connectivity index (χ4n) is 2.68. The van der Waals surface area contributed by atoms with Gasteiger partial charge in [0.25, 0.3) is 0 Å². The molecule has 0 aliphatic heterocycles. The molecule has 3 heteroatoms. The van der Waals surface area contributed by atoms with E-state index in [0.717, 1.165) is 0 Å². The SMILES string of the molecule is CC(N)CC(=O)N(C)Cc1ccc2c(c1)CCCC2. The Morgan fingerprint density at radius 1 is 1.32 bits per heavy atom. The number of nitrogens with zero attached hydrogens (tertiary/aromatic N) is 1. The number of amides is 1. The molecule has 1 aliphatic carbocycles. The monoisotopic (exact) mass is 260 g/mol. The summed E-state index contributed by atoms with van der Waals surface area (Å²) in [6.45, 7) is 2.55. The van der Waals surface area contributed by atoms with E-state index in [-0.39, 0.29) is 11.9 Å². The molecule has 3 nitrogen and oxygen atoms in total. The molecule has 19 heavy (non-hydrogen) atoms. The summed E-state index contributed by atoms with van der Waals surface area (Å²) in [6, 6.07) is 6.58. The lowest BCUT2D eigenvalue weighted by Gasteiger charge is -2.21. The normalized spacial score (nSPS) is 15.7. The van der Waals surface area contributed by atoms with Crippen molar-refractivity contribution in [1.82, 2.24) is 4.90 Å². The third-order valence-corrected chi connectivity index (χ3v) is 3.76.